The minimum Gasteiger partial charge on any atom is -0.481 e. The standard InChI is InChI=1S/C19H34N4O8/c24-15-20-11-3-5-14-23(31)18(27)10-9-16(25)21-12-2-1-4-13-22(30)17(26)7-6-8-19(28)29/h15,30-31H,1-14H2,(H,20,24)(H,21,25)(H,28,29). The van der Waals surface area contributed by atoms with Crippen molar-refractivity contribution < 1.29 is 39.5 Å². The lowest BCUT2D eigenvalue weighted by atomic mass is 10.2. The van der Waals surface area contributed by atoms with Crippen LogP contribution in [0.4, 0.5) is 0 Å². The van der Waals surface area contributed by atoms with Crippen molar-refractivity contribution in [1.29, 1.82) is 0 Å². The minimum absolute atomic E-state index is 0.0276. The molecule has 0 fully saturated rings. The number of rotatable bonds is 19. The molecular weight excluding hydrogens is 412 g/mol. The molecule has 0 unspecified atom stereocenters. The Bertz CT molecular complexity index is 573. The SMILES string of the molecule is O=CNCCCCN(O)C(=O)CCC(=O)NCCCCCN(O)C(=O)CCCC(=O)O. The Morgan fingerprint density at radius 2 is 1.29 bits per heavy atom. The summed E-state index contributed by atoms with van der Waals surface area (Å²) >= 11 is 0. The van der Waals surface area contributed by atoms with Gasteiger partial charge in [-0.1, -0.05) is 0 Å². The fourth-order valence-corrected chi connectivity index (χ4v) is 2.55. The molecule has 178 valence electrons. The number of carboxylic acid groups (broad SMARTS) is 1. The molecule has 12 heteroatoms. The van der Waals surface area contributed by atoms with Crippen molar-refractivity contribution >= 4 is 30.1 Å². The summed E-state index contributed by atoms with van der Waals surface area (Å²) in [6, 6.07) is 0. The second-order valence-corrected chi connectivity index (χ2v) is 6.97. The average molecular weight is 447 g/mol. The van der Waals surface area contributed by atoms with E-state index in [1.165, 1.54) is 0 Å². The van der Waals surface area contributed by atoms with E-state index in [-0.39, 0.29) is 51.1 Å². The number of aliphatic carboxylic acids is 1. The van der Waals surface area contributed by atoms with E-state index in [1.54, 1.807) is 0 Å². The molecule has 0 rings (SSSR count). The molecule has 0 radical (unpaired) electrons. The van der Waals surface area contributed by atoms with Crippen LogP contribution < -0.4 is 10.6 Å². The summed E-state index contributed by atoms with van der Waals surface area (Å²) < 4.78 is 0. The molecule has 0 aromatic rings. The van der Waals surface area contributed by atoms with Crippen molar-refractivity contribution in [3.05, 3.63) is 0 Å². The first-order chi connectivity index (χ1) is 14.8. The minimum atomic E-state index is -0.988. The normalized spacial score (nSPS) is 10.3. The van der Waals surface area contributed by atoms with Crippen LogP contribution in [0, 0.1) is 0 Å². The van der Waals surface area contributed by atoms with Gasteiger partial charge in [0.2, 0.25) is 24.1 Å². The van der Waals surface area contributed by atoms with Crippen molar-refractivity contribution in [2.75, 3.05) is 26.2 Å². The second kappa shape index (κ2) is 18.1. The van der Waals surface area contributed by atoms with Gasteiger partial charge in [0.25, 0.3) is 0 Å². The van der Waals surface area contributed by atoms with Crippen molar-refractivity contribution in [1.82, 2.24) is 20.8 Å². The molecule has 4 amide bonds. The van der Waals surface area contributed by atoms with E-state index in [9.17, 15) is 34.4 Å². The van der Waals surface area contributed by atoms with Gasteiger partial charge in [-0.2, -0.15) is 0 Å². The molecule has 0 aliphatic carbocycles. The maximum Gasteiger partial charge on any atom is 0.303 e. The molecule has 0 aliphatic heterocycles. The van der Waals surface area contributed by atoms with Crippen LogP contribution in [0.15, 0.2) is 0 Å². The largest absolute Gasteiger partial charge is 0.481 e. The van der Waals surface area contributed by atoms with Crippen molar-refractivity contribution in [2.24, 2.45) is 0 Å². The first-order valence-electron chi connectivity index (χ1n) is 10.4. The lowest BCUT2D eigenvalue weighted by Crippen LogP contribution is -2.31. The van der Waals surface area contributed by atoms with E-state index in [0.29, 0.717) is 61.7 Å². The zero-order valence-electron chi connectivity index (χ0n) is 17.8. The zero-order chi connectivity index (χ0) is 23.5. The van der Waals surface area contributed by atoms with Crippen LogP contribution in [0.1, 0.15) is 64.2 Å². The number of hydroxylamine groups is 4. The predicted molar refractivity (Wildman–Crippen MR) is 108 cm³/mol. The van der Waals surface area contributed by atoms with Crippen molar-refractivity contribution in [2.45, 2.75) is 64.2 Å². The van der Waals surface area contributed by atoms with Gasteiger partial charge in [0, 0.05) is 51.9 Å². The highest BCUT2D eigenvalue weighted by atomic mass is 16.5. The van der Waals surface area contributed by atoms with Crippen LogP contribution in [0.3, 0.4) is 0 Å². The smallest absolute Gasteiger partial charge is 0.303 e. The molecule has 0 aromatic heterocycles. The van der Waals surface area contributed by atoms with Gasteiger partial charge in [-0.3, -0.25) is 34.4 Å². The molecule has 0 saturated heterocycles. The molecule has 0 aromatic carbocycles. The number of amides is 4. The van der Waals surface area contributed by atoms with Crippen LogP contribution >= 0.6 is 0 Å². The summed E-state index contributed by atoms with van der Waals surface area (Å²) in [6.45, 7) is 1.11. The molecule has 12 nitrogen and oxygen atoms in total. The van der Waals surface area contributed by atoms with E-state index in [1.807, 2.05) is 0 Å². The lowest BCUT2D eigenvalue weighted by Gasteiger charge is -2.15. The molecule has 0 aliphatic rings. The van der Waals surface area contributed by atoms with Crippen LogP contribution in [0.25, 0.3) is 0 Å². The average Bonchev–Trinajstić information content (AvgIpc) is 2.73. The Morgan fingerprint density at radius 1 is 0.710 bits per heavy atom. The van der Waals surface area contributed by atoms with Gasteiger partial charge in [-0.05, 0) is 38.5 Å². The van der Waals surface area contributed by atoms with Crippen molar-refractivity contribution in [3.63, 3.8) is 0 Å². The molecular formula is C19H34N4O8. The third-order valence-corrected chi connectivity index (χ3v) is 4.32. The quantitative estimate of drug-likeness (QED) is 0.0812. The number of carboxylic acids is 1. The molecule has 0 heterocycles. The number of hydrogen-bond donors (Lipinski definition) is 5. The first kappa shape index (κ1) is 28.3. The number of carbonyl (C=O) groups excluding carboxylic acids is 4. The Morgan fingerprint density at radius 3 is 1.90 bits per heavy atom. The zero-order valence-corrected chi connectivity index (χ0v) is 17.8. The molecule has 0 spiro atoms. The van der Waals surface area contributed by atoms with Gasteiger partial charge >= 0.3 is 5.97 Å². The van der Waals surface area contributed by atoms with E-state index in [4.69, 9.17) is 5.11 Å². The monoisotopic (exact) mass is 446 g/mol. The van der Waals surface area contributed by atoms with E-state index >= 15 is 0 Å². The summed E-state index contributed by atoms with van der Waals surface area (Å²) in [7, 11) is 0. The van der Waals surface area contributed by atoms with Crippen LogP contribution in [0.5, 0.6) is 0 Å². The van der Waals surface area contributed by atoms with Gasteiger partial charge < -0.3 is 15.7 Å². The van der Waals surface area contributed by atoms with Gasteiger partial charge in [-0.15, -0.1) is 0 Å². The lowest BCUT2D eigenvalue weighted by molar-refractivity contribution is -0.166. The van der Waals surface area contributed by atoms with Crippen LogP contribution in [-0.4, -0.2) is 81.9 Å². The fourth-order valence-electron chi connectivity index (χ4n) is 2.55. The van der Waals surface area contributed by atoms with E-state index in [2.05, 4.69) is 10.6 Å². The third-order valence-electron chi connectivity index (χ3n) is 4.32. The predicted octanol–water partition coefficient (Wildman–Crippen LogP) is 0.270. The number of nitrogens with zero attached hydrogens (tertiary/aromatic N) is 2. The maximum absolute atomic E-state index is 11.7. The summed E-state index contributed by atoms with van der Waals surface area (Å²) in [5.41, 5.74) is 0. The Kier molecular flexibility index (Phi) is 16.5. The van der Waals surface area contributed by atoms with Gasteiger partial charge in [0.1, 0.15) is 0 Å². The van der Waals surface area contributed by atoms with E-state index in [0.717, 1.165) is 0 Å². The Balaban J connectivity index is 3.70. The summed E-state index contributed by atoms with van der Waals surface area (Å²) in [5.74, 6) is -2.36. The number of carbonyl (C=O) groups is 5. The summed E-state index contributed by atoms with van der Waals surface area (Å²) in [4.78, 5) is 55.5. The Labute approximate surface area is 181 Å². The topological polar surface area (TPSA) is 177 Å². The van der Waals surface area contributed by atoms with Gasteiger partial charge in [-0.25, -0.2) is 10.1 Å². The second-order valence-electron chi connectivity index (χ2n) is 6.97. The van der Waals surface area contributed by atoms with Crippen molar-refractivity contribution in [3.8, 4) is 0 Å². The fraction of sp³-hybridized carbons (Fsp3) is 0.737. The summed E-state index contributed by atoms with van der Waals surface area (Å²) in [5, 5.41) is 34.0. The molecule has 5 N–H and O–H groups in total. The summed E-state index contributed by atoms with van der Waals surface area (Å²) in [6.07, 6.45) is 3.40. The molecule has 0 saturated carbocycles. The Hall–Kier alpha value is -2.73. The van der Waals surface area contributed by atoms with Crippen LogP contribution in [-0.2, 0) is 24.0 Å². The third kappa shape index (κ3) is 16.7. The first-order valence-corrected chi connectivity index (χ1v) is 10.4. The van der Waals surface area contributed by atoms with Gasteiger partial charge in [0.15, 0.2) is 0 Å². The van der Waals surface area contributed by atoms with Crippen LogP contribution in [0.2, 0.25) is 0 Å². The highest BCUT2D eigenvalue weighted by molar-refractivity contribution is 5.83. The van der Waals surface area contributed by atoms with Gasteiger partial charge in [0.05, 0.1) is 0 Å². The maximum atomic E-state index is 11.7. The number of nitrogens with one attached hydrogen (secondary N) is 2. The highest BCUT2D eigenvalue weighted by Gasteiger charge is 2.13. The highest BCUT2D eigenvalue weighted by Crippen LogP contribution is 2.03. The molecule has 0 bridgehead atoms. The number of hydrogen-bond acceptors (Lipinski definition) is 7. The van der Waals surface area contributed by atoms with E-state index < -0.39 is 17.8 Å². The molecule has 0 atom stereocenters. The number of unbranched alkanes of at least 4 members (excludes halogenated alkanes) is 3. The molecule has 31 heavy (non-hydrogen) atoms.